The molecule has 0 radical (unpaired) electrons. The van der Waals surface area contributed by atoms with Gasteiger partial charge in [0.2, 0.25) is 10.0 Å². The average Bonchev–Trinajstić information content (AvgIpc) is 3.33. The first-order valence-electron chi connectivity index (χ1n) is 10.2. The maximum Gasteiger partial charge on any atom is 0.255 e. The number of para-hydroxylation sites is 1. The topological polar surface area (TPSA) is 79.4 Å². The van der Waals surface area contributed by atoms with Crippen LogP contribution in [0.4, 0.5) is 11.4 Å². The molecule has 0 spiro atoms. The third kappa shape index (κ3) is 3.76. The summed E-state index contributed by atoms with van der Waals surface area (Å²) in [5.41, 5.74) is 4.58. The van der Waals surface area contributed by atoms with E-state index in [0.29, 0.717) is 23.4 Å². The van der Waals surface area contributed by atoms with Gasteiger partial charge in [-0.05, 0) is 61.4 Å². The number of hydrogen-bond donors (Lipinski definition) is 1. The third-order valence-electron chi connectivity index (χ3n) is 5.51. The summed E-state index contributed by atoms with van der Waals surface area (Å²) in [5, 5.41) is 3.85. The van der Waals surface area contributed by atoms with Gasteiger partial charge in [-0.1, -0.05) is 24.3 Å². The molecule has 1 aromatic heterocycles. The van der Waals surface area contributed by atoms with Crippen molar-refractivity contribution in [2.24, 2.45) is 0 Å². The molecule has 1 amide bonds. The fourth-order valence-electron chi connectivity index (χ4n) is 4.18. The highest BCUT2D eigenvalue weighted by Crippen LogP contribution is 2.35. The van der Waals surface area contributed by atoms with E-state index in [-0.39, 0.29) is 11.9 Å². The second-order valence-corrected chi connectivity index (χ2v) is 10.9. The number of nitrogens with zero attached hydrogens (tertiary/aromatic N) is 2. The van der Waals surface area contributed by atoms with Crippen LogP contribution in [0, 0.1) is 0 Å². The summed E-state index contributed by atoms with van der Waals surface area (Å²) >= 11 is 1.61. The lowest BCUT2D eigenvalue weighted by molar-refractivity contribution is 0.102. The second-order valence-electron chi connectivity index (χ2n) is 7.98. The summed E-state index contributed by atoms with van der Waals surface area (Å²) in [4.78, 5) is 17.6. The van der Waals surface area contributed by atoms with E-state index in [4.69, 9.17) is 0 Å². The van der Waals surface area contributed by atoms with Crippen LogP contribution in [0.3, 0.4) is 0 Å². The molecule has 4 aromatic rings. The number of hydrogen-bond acceptors (Lipinski definition) is 5. The maximum absolute atomic E-state index is 12.9. The lowest BCUT2D eigenvalue weighted by atomic mass is 10.1. The molecule has 0 saturated heterocycles. The largest absolute Gasteiger partial charge is 0.322 e. The van der Waals surface area contributed by atoms with Crippen molar-refractivity contribution in [2.45, 2.75) is 19.4 Å². The molecule has 8 heteroatoms. The van der Waals surface area contributed by atoms with Crippen molar-refractivity contribution in [2.75, 3.05) is 15.9 Å². The number of rotatable bonds is 4. The van der Waals surface area contributed by atoms with Gasteiger partial charge < -0.3 is 5.32 Å². The van der Waals surface area contributed by atoms with Gasteiger partial charge in [-0.15, -0.1) is 11.3 Å². The Morgan fingerprint density at radius 2 is 1.91 bits per heavy atom. The first-order valence-corrected chi connectivity index (χ1v) is 12.9. The van der Waals surface area contributed by atoms with E-state index < -0.39 is 10.0 Å². The Hall–Kier alpha value is -3.23. The van der Waals surface area contributed by atoms with Crippen molar-refractivity contribution < 1.29 is 13.2 Å². The molecule has 1 atom stereocenters. The molecule has 5 rings (SSSR count). The van der Waals surface area contributed by atoms with Crippen LogP contribution in [-0.4, -0.2) is 31.6 Å². The summed E-state index contributed by atoms with van der Waals surface area (Å²) in [6.07, 6.45) is 1.79. The number of fused-ring (bicyclic) bond motifs is 2. The minimum atomic E-state index is -3.36. The highest BCUT2D eigenvalue weighted by Gasteiger charge is 2.32. The molecule has 0 saturated carbocycles. The lowest BCUT2D eigenvalue weighted by Gasteiger charge is -2.21. The zero-order chi connectivity index (χ0) is 22.5. The molecule has 0 bridgehead atoms. The summed E-state index contributed by atoms with van der Waals surface area (Å²) in [6.45, 7) is 1.87. The summed E-state index contributed by atoms with van der Waals surface area (Å²) in [7, 11) is -3.36. The van der Waals surface area contributed by atoms with Crippen LogP contribution in [0.1, 0.15) is 22.8 Å². The van der Waals surface area contributed by atoms with Crippen molar-refractivity contribution >= 4 is 48.9 Å². The summed E-state index contributed by atoms with van der Waals surface area (Å²) < 4.78 is 26.8. The molecule has 162 valence electrons. The minimum Gasteiger partial charge on any atom is -0.322 e. The maximum atomic E-state index is 12.9. The number of aromatic nitrogens is 1. The van der Waals surface area contributed by atoms with Crippen LogP contribution in [0.5, 0.6) is 0 Å². The van der Waals surface area contributed by atoms with Crippen LogP contribution in [0.2, 0.25) is 0 Å². The number of amides is 1. The Labute approximate surface area is 190 Å². The first kappa shape index (κ1) is 20.7. The Morgan fingerprint density at radius 3 is 2.69 bits per heavy atom. The predicted molar refractivity (Wildman–Crippen MR) is 130 cm³/mol. The first-order chi connectivity index (χ1) is 15.3. The van der Waals surface area contributed by atoms with Crippen molar-refractivity contribution in [1.29, 1.82) is 0 Å². The molecule has 1 unspecified atom stereocenters. The Morgan fingerprint density at radius 1 is 1.09 bits per heavy atom. The zero-order valence-corrected chi connectivity index (χ0v) is 19.2. The van der Waals surface area contributed by atoms with Gasteiger partial charge in [0.15, 0.2) is 0 Å². The molecule has 32 heavy (non-hydrogen) atoms. The highest BCUT2D eigenvalue weighted by atomic mass is 32.2. The fourth-order valence-corrected chi connectivity index (χ4v) is 6.40. The van der Waals surface area contributed by atoms with Crippen molar-refractivity contribution in [3.05, 3.63) is 77.9 Å². The van der Waals surface area contributed by atoms with Crippen LogP contribution in [0.25, 0.3) is 20.8 Å². The van der Waals surface area contributed by atoms with E-state index in [0.717, 1.165) is 26.4 Å². The smallest absolute Gasteiger partial charge is 0.255 e. The van der Waals surface area contributed by atoms with Crippen molar-refractivity contribution in [1.82, 2.24) is 4.98 Å². The predicted octanol–water partition coefficient (Wildman–Crippen LogP) is 4.93. The van der Waals surface area contributed by atoms with E-state index in [2.05, 4.69) is 10.3 Å². The van der Waals surface area contributed by atoms with Crippen LogP contribution in [0.15, 0.2) is 66.7 Å². The van der Waals surface area contributed by atoms with E-state index in [1.165, 1.54) is 10.6 Å². The fraction of sp³-hybridized carbons (Fsp3) is 0.167. The van der Waals surface area contributed by atoms with Gasteiger partial charge >= 0.3 is 0 Å². The summed E-state index contributed by atoms with van der Waals surface area (Å²) in [6, 6.07) is 20.6. The van der Waals surface area contributed by atoms with Crippen LogP contribution < -0.4 is 9.62 Å². The van der Waals surface area contributed by atoms with E-state index in [1.807, 2.05) is 55.5 Å². The Bertz CT molecular complexity index is 1430. The van der Waals surface area contributed by atoms with Gasteiger partial charge in [0.1, 0.15) is 5.01 Å². The normalized spacial score (nSPS) is 15.7. The molecule has 1 aliphatic heterocycles. The third-order valence-corrected chi connectivity index (χ3v) is 7.87. The van der Waals surface area contributed by atoms with Crippen LogP contribution >= 0.6 is 11.3 Å². The molecular formula is C24H21N3O3S2. The number of sulfonamides is 1. The highest BCUT2D eigenvalue weighted by molar-refractivity contribution is 7.92. The van der Waals surface area contributed by atoms with Gasteiger partial charge in [0.25, 0.3) is 5.91 Å². The zero-order valence-electron chi connectivity index (χ0n) is 17.6. The molecule has 1 aliphatic rings. The molecule has 6 nitrogen and oxygen atoms in total. The SMILES string of the molecule is CC1Cc2cc(C(=O)Nc3cccc(-c4nc5ccccc5s4)c3)ccc2N1S(C)(=O)=O. The number of carbonyl (C=O) groups is 1. The van der Waals surface area contributed by atoms with Gasteiger partial charge in [-0.2, -0.15) is 0 Å². The van der Waals surface area contributed by atoms with E-state index in [9.17, 15) is 13.2 Å². The van der Waals surface area contributed by atoms with E-state index in [1.54, 1.807) is 29.5 Å². The van der Waals surface area contributed by atoms with Crippen LogP contribution in [-0.2, 0) is 16.4 Å². The number of carbonyl (C=O) groups excluding carboxylic acids is 1. The number of anilines is 2. The standard InChI is InChI=1S/C24H21N3O3S2/c1-15-12-18-13-16(10-11-21(18)27(15)32(2,29)30)23(28)25-19-7-5-6-17(14-19)24-26-20-8-3-4-9-22(20)31-24/h3-11,13-15H,12H2,1-2H3,(H,25,28). The average molecular weight is 464 g/mol. The van der Waals surface area contributed by atoms with Crippen molar-refractivity contribution in [3.8, 4) is 10.6 Å². The molecule has 0 aliphatic carbocycles. The van der Waals surface area contributed by atoms with Gasteiger partial charge in [0.05, 0.1) is 22.2 Å². The van der Waals surface area contributed by atoms with E-state index >= 15 is 0 Å². The van der Waals surface area contributed by atoms with Gasteiger partial charge in [-0.3, -0.25) is 9.10 Å². The number of nitrogens with one attached hydrogen (secondary N) is 1. The molecule has 3 aromatic carbocycles. The summed E-state index contributed by atoms with van der Waals surface area (Å²) in [5.74, 6) is -0.236. The monoisotopic (exact) mass is 463 g/mol. The second kappa shape index (κ2) is 7.72. The quantitative estimate of drug-likeness (QED) is 0.466. The molecule has 0 fully saturated rings. The molecular weight excluding hydrogens is 442 g/mol. The van der Waals surface area contributed by atoms with Gasteiger partial charge in [0, 0.05) is 22.9 Å². The minimum absolute atomic E-state index is 0.163. The van der Waals surface area contributed by atoms with Crippen molar-refractivity contribution in [3.63, 3.8) is 0 Å². The number of thiazole rings is 1. The Kier molecular flexibility index (Phi) is 4.98. The number of benzene rings is 3. The Balaban J connectivity index is 1.39. The van der Waals surface area contributed by atoms with Gasteiger partial charge in [-0.25, -0.2) is 13.4 Å². The lowest BCUT2D eigenvalue weighted by Crippen LogP contribution is -2.34. The molecule has 2 heterocycles. The molecule has 1 N–H and O–H groups in total.